The van der Waals surface area contributed by atoms with Gasteiger partial charge in [-0.15, -0.1) is 0 Å². The largest absolute Gasteiger partial charge is 0.496 e. The number of hydrogen-bond acceptors (Lipinski definition) is 6. The Hall–Kier alpha value is -4.76. The molecule has 43 heavy (non-hydrogen) atoms. The molecule has 0 spiro atoms. The number of thiazole rings is 1. The second-order valence-corrected chi connectivity index (χ2v) is 11.4. The number of nitrogens with zero attached hydrogens (tertiary/aromatic N) is 3. The minimum Gasteiger partial charge on any atom is -0.496 e. The Kier molecular flexibility index (Phi) is 7.35. The molecule has 0 fully saturated rings. The van der Waals surface area contributed by atoms with E-state index in [1.54, 1.807) is 37.7 Å². The Morgan fingerprint density at radius 1 is 1.07 bits per heavy atom. The van der Waals surface area contributed by atoms with E-state index in [1.165, 1.54) is 23.5 Å². The second kappa shape index (κ2) is 11.1. The highest BCUT2D eigenvalue weighted by molar-refractivity contribution is 7.07. The van der Waals surface area contributed by atoms with Crippen LogP contribution in [-0.4, -0.2) is 28.8 Å². The molecule has 7 nitrogen and oxygen atoms in total. The van der Waals surface area contributed by atoms with E-state index in [2.05, 4.69) is 0 Å². The molecule has 6 rings (SSSR count). The van der Waals surface area contributed by atoms with Crippen molar-refractivity contribution in [1.29, 1.82) is 0 Å². The minimum atomic E-state index is -0.815. The molecule has 1 aliphatic heterocycles. The number of esters is 1. The number of halogens is 1. The first kappa shape index (κ1) is 28.4. The number of methoxy groups -OCH3 is 1. The van der Waals surface area contributed by atoms with Gasteiger partial charge in [0.05, 0.1) is 29.5 Å². The molecule has 0 saturated heterocycles. The molecule has 1 unspecified atom stereocenters. The third-order valence-electron chi connectivity index (χ3n) is 7.78. The summed E-state index contributed by atoms with van der Waals surface area (Å²) in [5, 5.41) is 1.81. The zero-order valence-corrected chi connectivity index (χ0v) is 25.3. The van der Waals surface area contributed by atoms with E-state index in [-0.39, 0.29) is 18.0 Å². The average molecular weight is 596 g/mol. The predicted molar refractivity (Wildman–Crippen MR) is 166 cm³/mol. The normalized spacial score (nSPS) is 15.0. The van der Waals surface area contributed by atoms with Gasteiger partial charge in [0.2, 0.25) is 0 Å². The van der Waals surface area contributed by atoms with Crippen molar-refractivity contribution < 1.29 is 18.7 Å². The summed E-state index contributed by atoms with van der Waals surface area (Å²) >= 11 is 1.27. The number of hydrogen-bond donors (Lipinski definition) is 0. The molecule has 0 saturated carbocycles. The van der Waals surface area contributed by atoms with Crippen LogP contribution in [0.3, 0.4) is 0 Å². The maximum Gasteiger partial charge on any atom is 0.338 e. The summed E-state index contributed by atoms with van der Waals surface area (Å²) in [6.07, 6.45) is 1.85. The lowest BCUT2D eigenvalue weighted by Gasteiger charge is -2.27. The number of rotatable bonds is 6. The molecule has 2 aromatic heterocycles. The van der Waals surface area contributed by atoms with E-state index in [0.29, 0.717) is 31.9 Å². The fourth-order valence-electron chi connectivity index (χ4n) is 5.86. The van der Waals surface area contributed by atoms with Gasteiger partial charge in [0.1, 0.15) is 17.6 Å². The number of fused-ring (bicyclic) bond motifs is 2. The highest BCUT2D eigenvalue weighted by Gasteiger charge is 2.36. The number of carbonyl (C=O) groups is 1. The van der Waals surface area contributed by atoms with Gasteiger partial charge in [-0.25, -0.2) is 14.2 Å². The molecule has 0 N–H and O–H groups in total. The molecule has 0 aliphatic carbocycles. The van der Waals surface area contributed by atoms with Gasteiger partial charge in [-0.2, -0.15) is 0 Å². The van der Waals surface area contributed by atoms with E-state index < -0.39 is 12.0 Å². The summed E-state index contributed by atoms with van der Waals surface area (Å²) in [7, 11) is 1.58. The van der Waals surface area contributed by atoms with Gasteiger partial charge >= 0.3 is 5.97 Å². The summed E-state index contributed by atoms with van der Waals surface area (Å²) < 4.78 is 29.0. The molecule has 9 heteroatoms. The smallest absolute Gasteiger partial charge is 0.338 e. The Labute approximate surface area is 251 Å². The van der Waals surface area contributed by atoms with Crippen LogP contribution in [0.1, 0.15) is 42.4 Å². The number of allylic oxidation sites excluding steroid dienone is 1. The lowest BCUT2D eigenvalue weighted by molar-refractivity contribution is -0.139. The lowest BCUT2D eigenvalue weighted by atomic mass is 9.90. The van der Waals surface area contributed by atoms with Crippen molar-refractivity contribution in [1.82, 2.24) is 9.13 Å². The zero-order chi connectivity index (χ0) is 30.4. The molecule has 1 atom stereocenters. The van der Waals surface area contributed by atoms with Crippen LogP contribution in [0.4, 0.5) is 4.39 Å². The van der Waals surface area contributed by atoms with Gasteiger partial charge in [0.15, 0.2) is 4.80 Å². The Bertz CT molecular complexity index is 2120. The highest BCUT2D eigenvalue weighted by Crippen LogP contribution is 2.40. The molecule has 3 heterocycles. The summed E-state index contributed by atoms with van der Waals surface area (Å²) in [5.41, 5.74) is 4.74. The maximum absolute atomic E-state index is 14.3. The van der Waals surface area contributed by atoms with Crippen molar-refractivity contribution in [3.63, 3.8) is 0 Å². The van der Waals surface area contributed by atoms with Gasteiger partial charge in [-0.05, 0) is 86.5 Å². The number of benzene rings is 3. The SMILES string of the molecule is CCOC(=O)C1=C(C)N=c2s/c(=C/c3cc(C)n(-c4ccc(F)cc4)c3C)c(=O)n2C1c1c(OC)ccc2ccccc12. The summed E-state index contributed by atoms with van der Waals surface area (Å²) in [4.78, 5) is 33.0. The summed E-state index contributed by atoms with van der Waals surface area (Å²) in [6, 6.07) is 19.1. The monoisotopic (exact) mass is 595 g/mol. The first-order chi connectivity index (χ1) is 20.7. The Morgan fingerprint density at radius 2 is 1.81 bits per heavy atom. The number of carbonyl (C=O) groups excluding carboxylic acids is 1. The molecule has 218 valence electrons. The van der Waals surface area contributed by atoms with Gasteiger partial charge in [0, 0.05) is 22.6 Å². The van der Waals surface area contributed by atoms with Crippen LogP contribution in [0, 0.1) is 19.7 Å². The van der Waals surface area contributed by atoms with Gasteiger partial charge in [-0.1, -0.05) is 41.7 Å². The Balaban J connectivity index is 1.60. The van der Waals surface area contributed by atoms with Crippen molar-refractivity contribution in [3.05, 3.63) is 126 Å². The molecule has 5 aromatic rings. The van der Waals surface area contributed by atoms with E-state index in [0.717, 1.165) is 33.4 Å². The van der Waals surface area contributed by atoms with Crippen LogP contribution < -0.4 is 19.6 Å². The van der Waals surface area contributed by atoms with Crippen molar-refractivity contribution in [2.75, 3.05) is 13.7 Å². The van der Waals surface area contributed by atoms with Crippen molar-refractivity contribution in [2.45, 2.75) is 33.7 Å². The van der Waals surface area contributed by atoms with Gasteiger partial charge in [0.25, 0.3) is 5.56 Å². The van der Waals surface area contributed by atoms with Crippen LogP contribution in [0.25, 0.3) is 22.5 Å². The number of ether oxygens (including phenoxy) is 2. The molecule has 0 radical (unpaired) electrons. The average Bonchev–Trinajstić information content (AvgIpc) is 3.45. The number of aryl methyl sites for hydroxylation is 1. The molecular formula is C34H30FN3O4S. The van der Waals surface area contributed by atoms with Crippen LogP contribution in [0.2, 0.25) is 0 Å². The third kappa shape index (κ3) is 4.79. The van der Waals surface area contributed by atoms with Crippen LogP contribution in [-0.2, 0) is 9.53 Å². The predicted octanol–water partition coefficient (Wildman–Crippen LogP) is 5.51. The van der Waals surface area contributed by atoms with Gasteiger partial charge in [-0.3, -0.25) is 9.36 Å². The molecule has 3 aromatic carbocycles. The fraction of sp³-hybridized carbons (Fsp3) is 0.206. The van der Waals surface area contributed by atoms with Crippen LogP contribution in [0.5, 0.6) is 5.75 Å². The van der Waals surface area contributed by atoms with Crippen LogP contribution >= 0.6 is 11.3 Å². The van der Waals surface area contributed by atoms with Crippen molar-refractivity contribution in [2.24, 2.45) is 4.99 Å². The first-order valence-electron chi connectivity index (χ1n) is 13.9. The lowest BCUT2D eigenvalue weighted by Crippen LogP contribution is -2.40. The Morgan fingerprint density at radius 3 is 2.53 bits per heavy atom. The second-order valence-electron chi connectivity index (χ2n) is 10.3. The fourth-order valence-corrected chi connectivity index (χ4v) is 6.90. The zero-order valence-electron chi connectivity index (χ0n) is 24.5. The summed E-state index contributed by atoms with van der Waals surface area (Å²) in [5.74, 6) is -0.277. The van der Waals surface area contributed by atoms with Crippen molar-refractivity contribution in [3.8, 4) is 11.4 Å². The van der Waals surface area contributed by atoms with E-state index in [9.17, 15) is 14.0 Å². The van der Waals surface area contributed by atoms with E-state index in [4.69, 9.17) is 14.5 Å². The summed E-state index contributed by atoms with van der Waals surface area (Å²) in [6.45, 7) is 7.63. The molecule has 0 amide bonds. The molecule has 0 bridgehead atoms. The standard InChI is InChI=1S/C34H30FN3O4S/c1-6-42-33(40)29-20(3)36-34-38(31(29)30-26-10-8-7-9-22(26)11-16-27(30)41-5)32(39)28(43-34)18-23-17-19(2)37(21(23)4)25-14-12-24(35)13-15-25/h7-18,31H,6H2,1-5H3/b28-18+. The maximum atomic E-state index is 14.3. The van der Waals surface area contributed by atoms with E-state index >= 15 is 0 Å². The van der Waals surface area contributed by atoms with Crippen molar-refractivity contribution >= 4 is 34.2 Å². The quantitative estimate of drug-likeness (QED) is 0.243. The molecular weight excluding hydrogens is 565 g/mol. The topological polar surface area (TPSA) is 74.8 Å². The highest BCUT2D eigenvalue weighted by atomic mass is 32.1. The minimum absolute atomic E-state index is 0.184. The first-order valence-corrected chi connectivity index (χ1v) is 14.7. The third-order valence-corrected chi connectivity index (χ3v) is 8.77. The van der Waals surface area contributed by atoms with Gasteiger partial charge < -0.3 is 14.0 Å². The van der Waals surface area contributed by atoms with Crippen LogP contribution in [0.15, 0.2) is 87.8 Å². The van der Waals surface area contributed by atoms with E-state index in [1.807, 2.05) is 67.0 Å². The number of aromatic nitrogens is 2. The molecule has 1 aliphatic rings.